The van der Waals surface area contributed by atoms with Gasteiger partial charge in [0.2, 0.25) is 0 Å². The molecule has 0 spiro atoms. The Morgan fingerprint density at radius 3 is 2.68 bits per heavy atom. The summed E-state index contributed by atoms with van der Waals surface area (Å²) in [5, 5.41) is 2.34. The zero-order chi connectivity index (χ0) is 13.8. The highest BCUT2D eigenvalue weighted by molar-refractivity contribution is 5.91. The molecule has 1 aromatic carbocycles. The van der Waals surface area contributed by atoms with Crippen LogP contribution in [0.5, 0.6) is 0 Å². The van der Waals surface area contributed by atoms with Gasteiger partial charge in [-0.25, -0.2) is 8.78 Å². The first-order chi connectivity index (χ1) is 9.08. The number of likely N-dealkylation sites (tertiary alicyclic amines) is 1. The molecular weight excluding hydrogens is 250 g/mol. The van der Waals surface area contributed by atoms with Crippen LogP contribution in [-0.2, 0) is 4.79 Å². The quantitative estimate of drug-likeness (QED) is 0.853. The largest absolute Gasteiger partial charge is 0.325 e. The molecule has 5 heteroatoms. The normalized spacial score (nSPS) is 23.1. The molecule has 19 heavy (non-hydrogen) atoms. The number of halogens is 2. The van der Waals surface area contributed by atoms with Gasteiger partial charge < -0.3 is 10.2 Å². The van der Waals surface area contributed by atoms with Crippen molar-refractivity contribution < 1.29 is 18.5 Å². The lowest BCUT2D eigenvalue weighted by Crippen LogP contribution is -3.17. The first-order valence-electron chi connectivity index (χ1n) is 6.66. The maximum atomic E-state index is 13.4. The molecule has 0 aromatic heterocycles. The average Bonchev–Trinajstić information content (AvgIpc) is 2.37. The van der Waals surface area contributed by atoms with Crippen molar-refractivity contribution in [1.82, 2.24) is 0 Å². The molecule has 2 atom stereocenters. The smallest absolute Gasteiger partial charge is 0.279 e. The van der Waals surface area contributed by atoms with Gasteiger partial charge in [-0.1, -0.05) is 6.07 Å². The molecule has 0 saturated carbocycles. The fourth-order valence-electron chi connectivity index (χ4n) is 2.52. The Balaban J connectivity index is 1.97. The summed E-state index contributed by atoms with van der Waals surface area (Å²) in [4.78, 5) is 13.0. The van der Waals surface area contributed by atoms with Gasteiger partial charge >= 0.3 is 0 Å². The van der Waals surface area contributed by atoms with Gasteiger partial charge in [0.15, 0.2) is 6.54 Å². The molecule has 0 radical (unpaired) electrons. The second-order valence-corrected chi connectivity index (χ2v) is 5.13. The maximum absolute atomic E-state index is 13.4. The summed E-state index contributed by atoms with van der Waals surface area (Å²) in [7, 11) is 0. The van der Waals surface area contributed by atoms with Gasteiger partial charge in [0.25, 0.3) is 5.91 Å². The van der Waals surface area contributed by atoms with Crippen LogP contribution in [0.1, 0.15) is 26.2 Å². The number of carbonyl (C=O) groups excluding carboxylic acids is 1. The molecule has 3 nitrogen and oxygen atoms in total. The zero-order valence-corrected chi connectivity index (χ0v) is 11.0. The Bertz CT molecular complexity index is 445. The van der Waals surface area contributed by atoms with E-state index in [1.165, 1.54) is 17.4 Å². The van der Waals surface area contributed by atoms with Gasteiger partial charge in [0.1, 0.15) is 17.3 Å². The van der Waals surface area contributed by atoms with Crippen molar-refractivity contribution in [2.24, 2.45) is 0 Å². The third kappa shape index (κ3) is 3.50. The number of hydrogen-bond donors (Lipinski definition) is 2. The number of benzene rings is 1. The van der Waals surface area contributed by atoms with E-state index in [2.05, 4.69) is 12.2 Å². The van der Waals surface area contributed by atoms with Crippen LogP contribution in [0.4, 0.5) is 14.5 Å². The highest BCUT2D eigenvalue weighted by Gasteiger charge is 2.24. The van der Waals surface area contributed by atoms with E-state index in [9.17, 15) is 13.6 Å². The second-order valence-electron chi connectivity index (χ2n) is 5.13. The Hall–Kier alpha value is -1.49. The van der Waals surface area contributed by atoms with Crippen LogP contribution < -0.4 is 10.2 Å². The number of nitrogens with one attached hydrogen (secondary N) is 2. The van der Waals surface area contributed by atoms with Crippen LogP contribution in [0, 0.1) is 11.6 Å². The van der Waals surface area contributed by atoms with E-state index in [0.717, 1.165) is 31.5 Å². The number of carbonyl (C=O) groups is 1. The van der Waals surface area contributed by atoms with E-state index in [1.807, 2.05) is 0 Å². The molecule has 2 rings (SSSR count). The fraction of sp³-hybridized carbons (Fsp3) is 0.500. The van der Waals surface area contributed by atoms with Gasteiger partial charge in [-0.3, -0.25) is 4.79 Å². The molecule has 1 heterocycles. The maximum Gasteiger partial charge on any atom is 0.279 e. The van der Waals surface area contributed by atoms with Crippen molar-refractivity contribution in [2.45, 2.75) is 32.2 Å². The van der Waals surface area contributed by atoms with Crippen molar-refractivity contribution in [2.75, 3.05) is 18.4 Å². The van der Waals surface area contributed by atoms with Gasteiger partial charge in [-0.15, -0.1) is 0 Å². The van der Waals surface area contributed by atoms with E-state index < -0.39 is 11.6 Å². The van der Waals surface area contributed by atoms with E-state index >= 15 is 0 Å². The lowest BCUT2D eigenvalue weighted by molar-refractivity contribution is -0.920. The van der Waals surface area contributed by atoms with Crippen molar-refractivity contribution >= 4 is 11.6 Å². The molecule has 0 bridgehead atoms. The highest BCUT2D eigenvalue weighted by Crippen LogP contribution is 2.17. The van der Waals surface area contributed by atoms with Crippen LogP contribution >= 0.6 is 0 Å². The number of anilines is 1. The van der Waals surface area contributed by atoms with Crippen molar-refractivity contribution in [3.05, 3.63) is 29.8 Å². The summed E-state index contributed by atoms with van der Waals surface area (Å²) in [6, 6.07) is 3.97. The summed E-state index contributed by atoms with van der Waals surface area (Å²) >= 11 is 0. The van der Waals surface area contributed by atoms with Crippen LogP contribution in [0.2, 0.25) is 0 Å². The lowest BCUT2D eigenvalue weighted by atomic mass is 10.0. The fourth-order valence-corrected chi connectivity index (χ4v) is 2.52. The number of rotatable bonds is 3. The molecule has 104 valence electrons. The Morgan fingerprint density at radius 2 is 2.05 bits per heavy atom. The molecule has 1 aliphatic heterocycles. The third-order valence-corrected chi connectivity index (χ3v) is 3.70. The summed E-state index contributed by atoms with van der Waals surface area (Å²) in [5.41, 5.74) is -0.350. The number of para-hydroxylation sites is 1. The van der Waals surface area contributed by atoms with Crippen LogP contribution in [-0.4, -0.2) is 25.0 Å². The standard InChI is InChI=1S/C14H18F2N2O/c1-10-5-2-3-8-18(10)9-13(19)17-14-11(15)6-4-7-12(14)16/h4,6-7,10H,2-3,5,8-9H2,1H3,(H,17,19)/p+1/t10-/m0/s1. The van der Waals surface area contributed by atoms with Crippen LogP contribution in [0.3, 0.4) is 0 Å². The minimum Gasteiger partial charge on any atom is -0.325 e. The molecule has 1 amide bonds. The highest BCUT2D eigenvalue weighted by atomic mass is 19.1. The van der Waals surface area contributed by atoms with Gasteiger partial charge in [0.05, 0.1) is 12.6 Å². The molecule has 1 aromatic rings. The number of hydrogen-bond acceptors (Lipinski definition) is 1. The summed E-state index contributed by atoms with van der Waals surface area (Å²) in [5.74, 6) is -1.82. The molecule has 1 aliphatic rings. The topological polar surface area (TPSA) is 33.5 Å². The van der Waals surface area contributed by atoms with E-state index in [1.54, 1.807) is 0 Å². The predicted molar refractivity (Wildman–Crippen MR) is 69.0 cm³/mol. The molecule has 1 saturated heterocycles. The minimum absolute atomic E-state index is 0.259. The summed E-state index contributed by atoms with van der Waals surface area (Å²) in [6.07, 6.45) is 3.38. The Kier molecular flexibility index (Phi) is 4.47. The molecule has 0 aliphatic carbocycles. The van der Waals surface area contributed by atoms with Gasteiger partial charge in [-0.2, -0.15) is 0 Å². The number of quaternary nitrogens is 1. The molecular formula is C14H19F2N2O+. The summed E-state index contributed by atoms with van der Waals surface area (Å²) < 4.78 is 26.8. The SMILES string of the molecule is C[C@H]1CCCC[NH+]1CC(=O)Nc1c(F)cccc1F. The Labute approximate surface area is 111 Å². The summed E-state index contributed by atoms with van der Waals surface area (Å²) in [6.45, 7) is 3.30. The van der Waals surface area contributed by atoms with Gasteiger partial charge in [-0.05, 0) is 38.3 Å². The zero-order valence-electron chi connectivity index (χ0n) is 11.0. The Morgan fingerprint density at radius 1 is 1.37 bits per heavy atom. The number of amides is 1. The van der Waals surface area contributed by atoms with E-state index in [-0.39, 0.29) is 18.1 Å². The monoisotopic (exact) mass is 269 g/mol. The predicted octanol–water partition coefficient (Wildman–Crippen LogP) is 1.36. The van der Waals surface area contributed by atoms with Gasteiger partial charge in [0, 0.05) is 0 Å². The molecule has 2 N–H and O–H groups in total. The molecule has 1 unspecified atom stereocenters. The van der Waals surface area contributed by atoms with Crippen LogP contribution in [0.15, 0.2) is 18.2 Å². The first kappa shape index (κ1) is 13.9. The second kappa shape index (κ2) is 6.10. The van der Waals surface area contributed by atoms with Crippen molar-refractivity contribution in [1.29, 1.82) is 0 Å². The van der Waals surface area contributed by atoms with E-state index in [4.69, 9.17) is 0 Å². The van der Waals surface area contributed by atoms with E-state index in [0.29, 0.717) is 6.04 Å². The van der Waals surface area contributed by atoms with Crippen molar-refractivity contribution in [3.63, 3.8) is 0 Å². The number of piperidine rings is 1. The van der Waals surface area contributed by atoms with Crippen molar-refractivity contribution in [3.8, 4) is 0 Å². The lowest BCUT2D eigenvalue weighted by Gasteiger charge is -2.29. The first-order valence-corrected chi connectivity index (χ1v) is 6.66. The molecule has 1 fully saturated rings. The van der Waals surface area contributed by atoms with Crippen LogP contribution in [0.25, 0.3) is 0 Å². The third-order valence-electron chi connectivity index (χ3n) is 3.70. The minimum atomic E-state index is -0.741. The average molecular weight is 269 g/mol.